The summed E-state index contributed by atoms with van der Waals surface area (Å²) in [6, 6.07) is 21.7. The van der Waals surface area contributed by atoms with E-state index in [4.69, 9.17) is 4.74 Å². The molecule has 0 fully saturated rings. The molecule has 1 unspecified atom stereocenters. The van der Waals surface area contributed by atoms with Gasteiger partial charge < -0.3 is 19.6 Å². The van der Waals surface area contributed by atoms with Crippen LogP contribution in [-0.2, 0) is 25.5 Å². The normalized spacial score (nSPS) is 17.1. The zero-order valence-electron chi connectivity index (χ0n) is 26.2. The van der Waals surface area contributed by atoms with Crippen molar-refractivity contribution in [2.24, 2.45) is 0 Å². The highest BCUT2D eigenvalue weighted by Crippen LogP contribution is 2.44. The van der Waals surface area contributed by atoms with E-state index >= 15 is 0 Å². The van der Waals surface area contributed by atoms with Gasteiger partial charge in [0.2, 0.25) is 11.8 Å². The van der Waals surface area contributed by atoms with Crippen molar-refractivity contribution in [1.29, 1.82) is 0 Å². The molecule has 3 amide bonds. The maximum absolute atomic E-state index is 14.3. The second kappa shape index (κ2) is 14.3. The summed E-state index contributed by atoms with van der Waals surface area (Å²) in [6.07, 6.45) is 5.81. The van der Waals surface area contributed by atoms with Gasteiger partial charge in [0.1, 0.15) is 25.2 Å². The van der Waals surface area contributed by atoms with E-state index < -0.39 is 42.5 Å². The van der Waals surface area contributed by atoms with Crippen LogP contribution in [0.1, 0.15) is 41.0 Å². The number of hydrogen-bond donors (Lipinski definition) is 1. The SMILES string of the molecule is C=Cc1ccc(CC(C(=O)N(C)CC(=O)O)N2CC/C=C\C[C@H](N(C)C(=O)OCC3c4ccccc4-c4ccccc43)C2=O)cc1. The molecule has 5 rings (SSSR count). The number of ether oxygens (including phenoxy) is 1. The maximum atomic E-state index is 14.3. The first-order chi connectivity index (χ1) is 22.2. The number of fused-ring (bicyclic) bond motifs is 3. The molecule has 0 saturated carbocycles. The van der Waals surface area contributed by atoms with E-state index in [1.165, 1.54) is 23.9 Å². The highest BCUT2D eigenvalue weighted by atomic mass is 16.6. The minimum absolute atomic E-state index is 0.111. The van der Waals surface area contributed by atoms with Gasteiger partial charge in [-0.25, -0.2) is 4.79 Å². The van der Waals surface area contributed by atoms with Gasteiger partial charge in [-0.2, -0.15) is 0 Å². The van der Waals surface area contributed by atoms with E-state index in [9.17, 15) is 24.3 Å². The average molecular weight is 622 g/mol. The monoisotopic (exact) mass is 621 g/mol. The summed E-state index contributed by atoms with van der Waals surface area (Å²) < 4.78 is 5.86. The number of hydrogen-bond acceptors (Lipinski definition) is 5. The molecule has 3 aromatic carbocycles. The summed E-state index contributed by atoms with van der Waals surface area (Å²) in [5.41, 5.74) is 6.12. The van der Waals surface area contributed by atoms with Gasteiger partial charge in [0.05, 0.1) is 0 Å². The van der Waals surface area contributed by atoms with E-state index in [-0.39, 0.29) is 31.9 Å². The van der Waals surface area contributed by atoms with E-state index in [1.54, 1.807) is 6.08 Å². The van der Waals surface area contributed by atoms with Crippen LogP contribution in [0, 0.1) is 0 Å². The molecule has 9 heteroatoms. The number of carbonyl (C=O) groups excluding carboxylic acids is 3. The van der Waals surface area contributed by atoms with Gasteiger partial charge in [-0.1, -0.05) is 97.6 Å². The predicted molar refractivity (Wildman–Crippen MR) is 176 cm³/mol. The van der Waals surface area contributed by atoms with Crippen LogP contribution >= 0.6 is 0 Å². The summed E-state index contributed by atoms with van der Waals surface area (Å²) in [7, 11) is 2.95. The lowest BCUT2D eigenvalue weighted by molar-refractivity contribution is -0.150. The fourth-order valence-electron chi connectivity index (χ4n) is 6.29. The first-order valence-corrected chi connectivity index (χ1v) is 15.4. The van der Waals surface area contributed by atoms with E-state index in [1.807, 2.05) is 72.8 Å². The van der Waals surface area contributed by atoms with E-state index in [0.717, 1.165) is 38.3 Å². The van der Waals surface area contributed by atoms with Crippen molar-refractivity contribution in [3.8, 4) is 11.1 Å². The maximum Gasteiger partial charge on any atom is 0.410 e. The minimum atomic E-state index is -1.15. The lowest BCUT2D eigenvalue weighted by atomic mass is 9.98. The van der Waals surface area contributed by atoms with Gasteiger partial charge in [0, 0.05) is 33.0 Å². The topological polar surface area (TPSA) is 107 Å². The van der Waals surface area contributed by atoms with Crippen LogP contribution in [0.25, 0.3) is 17.2 Å². The first kappa shape index (κ1) is 32.2. The molecule has 1 heterocycles. The van der Waals surface area contributed by atoms with Gasteiger partial charge in [-0.05, 0) is 46.2 Å². The molecule has 1 N–H and O–H groups in total. The van der Waals surface area contributed by atoms with Gasteiger partial charge in [0.25, 0.3) is 0 Å². The first-order valence-electron chi connectivity index (χ1n) is 15.4. The molecule has 0 radical (unpaired) electrons. The smallest absolute Gasteiger partial charge is 0.410 e. The van der Waals surface area contributed by atoms with Gasteiger partial charge in [0.15, 0.2) is 0 Å². The van der Waals surface area contributed by atoms with Crippen LogP contribution in [0.2, 0.25) is 0 Å². The van der Waals surface area contributed by atoms with Crippen LogP contribution in [-0.4, -0.2) is 89.6 Å². The summed E-state index contributed by atoms with van der Waals surface area (Å²) in [6.45, 7) is 3.61. The van der Waals surface area contributed by atoms with Crippen molar-refractivity contribution >= 4 is 30.0 Å². The molecule has 1 aliphatic heterocycles. The molecular formula is C37H39N3O6. The molecule has 1 aliphatic carbocycles. The Morgan fingerprint density at radius 1 is 0.978 bits per heavy atom. The Balaban J connectivity index is 1.36. The second-order valence-corrected chi connectivity index (χ2v) is 11.7. The van der Waals surface area contributed by atoms with Gasteiger partial charge >= 0.3 is 12.1 Å². The largest absolute Gasteiger partial charge is 0.480 e. The Morgan fingerprint density at radius 3 is 2.22 bits per heavy atom. The number of carbonyl (C=O) groups is 4. The number of aliphatic carboxylic acids is 1. The number of likely N-dealkylation sites (N-methyl/N-ethyl adjacent to an activating group) is 2. The molecule has 238 valence electrons. The highest BCUT2D eigenvalue weighted by molar-refractivity contribution is 5.92. The van der Waals surface area contributed by atoms with E-state index in [2.05, 4.69) is 18.7 Å². The number of benzene rings is 3. The zero-order chi connectivity index (χ0) is 32.8. The van der Waals surface area contributed by atoms with Crippen molar-refractivity contribution in [1.82, 2.24) is 14.7 Å². The van der Waals surface area contributed by atoms with Crippen molar-refractivity contribution in [3.63, 3.8) is 0 Å². The Labute approximate surface area is 269 Å². The number of carboxylic acid groups (broad SMARTS) is 1. The highest BCUT2D eigenvalue weighted by Gasteiger charge is 2.39. The van der Waals surface area contributed by atoms with Crippen molar-refractivity contribution in [2.75, 3.05) is 33.8 Å². The number of carboxylic acids is 1. The van der Waals surface area contributed by atoms with Crippen molar-refractivity contribution < 1.29 is 29.0 Å². The molecule has 2 aliphatic rings. The molecule has 0 bridgehead atoms. The average Bonchev–Trinajstić information content (AvgIpc) is 3.37. The second-order valence-electron chi connectivity index (χ2n) is 11.7. The quantitative estimate of drug-likeness (QED) is 0.312. The van der Waals surface area contributed by atoms with Gasteiger partial charge in [-0.3, -0.25) is 19.3 Å². The Morgan fingerprint density at radius 2 is 1.61 bits per heavy atom. The van der Waals surface area contributed by atoms with Gasteiger partial charge in [-0.15, -0.1) is 0 Å². The molecule has 0 aromatic heterocycles. The summed E-state index contributed by atoms with van der Waals surface area (Å²) in [5, 5.41) is 9.37. The Kier molecular flexibility index (Phi) is 10.0. The number of nitrogens with zero attached hydrogens (tertiary/aromatic N) is 3. The Hall–Kier alpha value is -5.18. The summed E-state index contributed by atoms with van der Waals surface area (Å²) in [4.78, 5) is 56.9. The van der Waals surface area contributed by atoms with Crippen LogP contribution < -0.4 is 0 Å². The third-order valence-electron chi connectivity index (χ3n) is 8.78. The molecule has 3 aromatic rings. The summed E-state index contributed by atoms with van der Waals surface area (Å²) >= 11 is 0. The van der Waals surface area contributed by atoms with Crippen molar-refractivity contribution in [2.45, 2.75) is 37.3 Å². The lowest BCUT2D eigenvalue weighted by Crippen LogP contribution is -2.57. The molecule has 0 saturated heterocycles. The fraction of sp³-hybridized carbons (Fsp3) is 0.297. The predicted octanol–water partition coefficient (Wildman–Crippen LogP) is 5.21. The third-order valence-corrected chi connectivity index (χ3v) is 8.78. The Bertz CT molecular complexity index is 1600. The fourth-order valence-corrected chi connectivity index (χ4v) is 6.29. The van der Waals surface area contributed by atoms with E-state index in [0.29, 0.717) is 6.42 Å². The molecular weight excluding hydrogens is 582 g/mol. The summed E-state index contributed by atoms with van der Waals surface area (Å²) in [5.74, 6) is -2.17. The minimum Gasteiger partial charge on any atom is -0.480 e. The number of amides is 3. The third kappa shape index (κ3) is 6.88. The van der Waals surface area contributed by atoms with Crippen LogP contribution in [0.4, 0.5) is 4.79 Å². The molecule has 9 nitrogen and oxygen atoms in total. The standard InChI is InChI=1S/C37H39N3O6/c1-4-25-17-19-26(20-18-25)22-33(35(43)38(2)23-34(41)42)40-21-11-5-6-16-32(36(40)44)39(3)37(45)46-24-31-29-14-9-7-12-27(29)28-13-8-10-15-30(28)31/h4-10,12-15,17-20,31-33H,1,11,16,21-24H2,2-3H3,(H,41,42)/b6-5-/t32-,33?/m0/s1. The lowest BCUT2D eigenvalue weighted by Gasteiger charge is -2.38. The molecule has 2 atom stereocenters. The van der Waals surface area contributed by atoms with Crippen molar-refractivity contribution in [3.05, 3.63) is 114 Å². The zero-order valence-corrected chi connectivity index (χ0v) is 26.2. The van der Waals surface area contributed by atoms with Crippen LogP contribution in [0.15, 0.2) is 91.5 Å². The molecule has 0 spiro atoms. The number of rotatable bonds is 10. The van der Waals surface area contributed by atoms with Crippen LogP contribution in [0.3, 0.4) is 0 Å². The van der Waals surface area contributed by atoms with Crippen LogP contribution in [0.5, 0.6) is 0 Å². The molecule has 46 heavy (non-hydrogen) atoms.